The van der Waals surface area contributed by atoms with E-state index < -0.39 is 12.1 Å². The first-order valence-electron chi connectivity index (χ1n) is 9.54. The fourth-order valence-corrected chi connectivity index (χ4v) is 4.41. The number of amides is 1. The third kappa shape index (κ3) is 5.20. The molecule has 9 heteroatoms. The van der Waals surface area contributed by atoms with E-state index in [1.807, 2.05) is 6.92 Å². The van der Waals surface area contributed by atoms with E-state index in [-0.39, 0.29) is 5.91 Å². The quantitative estimate of drug-likeness (QED) is 0.403. The Kier molecular flexibility index (Phi) is 7.59. The lowest BCUT2D eigenvalue weighted by Crippen LogP contribution is -2.27. The molecule has 6 nitrogen and oxygen atoms in total. The molecule has 2 aromatic carbocycles. The van der Waals surface area contributed by atoms with E-state index in [9.17, 15) is 14.7 Å². The molecular weight excluding hydrogens is 458 g/mol. The number of thioether (sulfide) groups is 1. The zero-order valence-corrected chi connectivity index (χ0v) is 19.2. The highest BCUT2D eigenvalue weighted by Crippen LogP contribution is 2.39. The smallest absolute Gasteiger partial charge is 0.344 e. The molecule has 3 rings (SSSR count). The second kappa shape index (κ2) is 10.2. The van der Waals surface area contributed by atoms with Crippen molar-refractivity contribution in [2.45, 2.75) is 26.4 Å². The molecule has 0 radical (unpaired) electrons. The minimum atomic E-state index is -1.04. The van der Waals surface area contributed by atoms with Gasteiger partial charge in [0.05, 0.1) is 22.2 Å². The Bertz CT molecular complexity index is 1060. The molecule has 1 heterocycles. The first-order chi connectivity index (χ1) is 14.8. The number of nitrogens with zero attached hydrogens (tertiary/aromatic N) is 1. The fourth-order valence-electron chi connectivity index (χ4n) is 2.90. The van der Waals surface area contributed by atoms with Gasteiger partial charge in [0.2, 0.25) is 0 Å². The van der Waals surface area contributed by atoms with E-state index in [1.54, 1.807) is 55.5 Å². The van der Waals surface area contributed by atoms with Crippen molar-refractivity contribution in [1.29, 1.82) is 0 Å². The molecule has 162 valence electrons. The van der Waals surface area contributed by atoms with Crippen molar-refractivity contribution in [1.82, 2.24) is 0 Å². The van der Waals surface area contributed by atoms with Gasteiger partial charge in [-0.05, 0) is 49.2 Å². The Morgan fingerprint density at radius 3 is 2.65 bits per heavy atom. The number of halogens is 1. The maximum absolute atomic E-state index is 13.0. The zero-order chi connectivity index (χ0) is 22.5. The second-order valence-electron chi connectivity index (χ2n) is 6.46. The lowest BCUT2D eigenvalue weighted by molar-refractivity contribution is -0.145. The van der Waals surface area contributed by atoms with Crippen LogP contribution in [0.25, 0.3) is 6.08 Å². The van der Waals surface area contributed by atoms with Gasteiger partial charge in [-0.2, -0.15) is 0 Å². The van der Waals surface area contributed by atoms with Gasteiger partial charge in [0.25, 0.3) is 5.91 Å². The van der Waals surface area contributed by atoms with E-state index in [2.05, 4.69) is 0 Å². The largest absolute Gasteiger partial charge is 0.490 e. The molecule has 1 atom stereocenters. The van der Waals surface area contributed by atoms with Gasteiger partial charge in [0, 0.05) is 0 Å². The van der Waals surface area contributed by atoms with Crippen LogP contribution in [0.1, 0.15) is 25.8 Å². The van der Waals surface area contributed by atoms with Crippen molar-refractivity contribution in [3.63, 3.8) is 0 Å². The first kappa shape index (κ1) is 23.1. The van der Waals surface area contributed by atoms with Crippen molar-refractivity contribution < 1.29 is 24.2 Å². The number of anilines is 1. The molecule has 0 aromatic heterocycles. The molecule has 1 aliphatic heterocycles. The number of aliphatic carboxylic acids is 1. The summed E-state index contributed by atoms with van der Waals surface area (Å²) in [6, 6.07) is 12.1. The number of carboxylic acids is 1. The molecule has 1 aliphatic rings. The van der Waals surface area contributed by atoms with Crippen LogP contribution < -0.4 is 14.4 Å². The molecule has 0 bridgehead atoms. The molecule has 31 heavy (non-hydrogen) atoms. The summed E-state index contributed by atoms with van der Waals surface area (Å²) in [5.74, 6) is -0.579. The van der Waals surface area contributed by atoms with Crippen LogP contribution >= 0.6 is 35.6 Å². The Labute approximate surface area is 194 Å². The van der Waals surface area contributed by atoms with Crippen LogP contribution in [-0.4, -0.2) is 34.0 Å². The predicted octanol–water partition coefficient (Wildman–Crippen LogP) is 5.39. The van der Waals surface area contributed by atoms with Gasteiger partial charge in [0.1, 0.15) is 0 Å². The summed E-state index contributed by atoms with van der Waals surface area (Å²) < 4.78 is 11.6. The Morgan fingerprint density at radius 2 is 2.00 bits per heavy atom. The van der Waals surface area contributed by atoms with Crippen LogP contribution in [0, 0.1) is 0 Å². The lowest BCUT2D eigenvalue weighted by atomic mass is 10.1. The van der Waals surface area contributed by atoms with Crippen molar-refractivity contribution in [2.75, 3.05) is 11.5 Å². The fraction of sp³-hybridized carbons (Fsp3) is 0.227. The van der Waals surface area contributed by atoms with E-state index >= 15 is 0 Å². The highest BCUT2D eigenvalue weighted by atomic mass is 35.5. The Hall–Kier alpha value is -2.55. The number of hydrogen-bond donors (Lipinski definition) is 1. The van der Waals surface area contributed by atoms with Crippen LogP contribution in [0.4, 0.5) is 5.69 Å². The Balaban J connectivity index is 1.90. The van der Waals surface area contributed by atoms with Crippen LogP contribution in [0.2, 0.25) is 5.02 Å². The molecule has 1 amide bonds. The molecule has 0 spiro atoms. The number of carboxylic acid groups (broad SMARTS) is 1. The summed E-state index contributed by atoms with van der Waals surface area (Å²) in [6.45, 7) is 3.92. The normalized spacial score (nSPS) is 16.0. The predicted molar refractivity (Wildman–Crippen MR) is 127 cm³/mol. The summed E-state index contributed by atoms with van der Waals surface area (Å²) in [5, 5.41) is 9.68. The summed E-state index contributed by atoms with van der Waals surface area (Å²) in [6.07, 6.45) is 1.04. The maximum atomic E-state index is 13.0. The number of carbonyl (C=O) groups excluding carboxylic acids is 1. The van der Waals surface area contributed by atoms with Gasteiger partial charge in [-0.25, -0.2) is 4.79 Å². The molecule has 0 saturated carbocycles. The highest BCUT2D eigenvalue weighted by molar-refractivity contribution is 8.27. The third-order valence-electron chi connectivity index (χ3n) is 4.37. The maximum Gasteiger partial charge on any atom is 0.344 e. The van der Waals surface area contributed by atoms with Crippen LogP contribution in [-0.2, 0) is 9.59 Å². The summed E-state index contributed by atoms with van der Waals surface area (Å²) in [7, 11) is 0. The van der Waals surface area contributed by atoms with Gasteiger partial charge in [-0.15, -0.1) is 0 Å². The standard InChI is InChI=1S/C22H20ClNO5S2/c1-3-16(21(26)27)29-17-10-9-13(11-18(17)28-4-2)12-19-20(25)24(22(30)31-19)15-8-6-5-7-14(15)23/h5-12,16H,3-4H2,1-2H3,(H,26,27)/b19-12+. The van der Waals surface area contributed by atoms with Gasteiger partial charge in [-0.1, -0.05) is 60.7 Å². The van der Waals surface area contributed by atoms with Crippen molar-refractivity contribution in [2.24, 2.45) is 0 Å². The first-order valence-corrected chi connectivity index (χ1v) is 11.1. The molecule has 2 aromatic rings. The number of carbonyl (C=O) groups is 2. The highest BCUT2D eigenvalue weighted by Gasteiger charge is 2.34. The van der Waals surface area contributed by atoms with E-state index in [0.717, 1.165) is 0 Å². The van der Waals surface area contributed by atoms with Gasteiger partial charge < -0.3 is 14.6 Å². The Morgan fingerprint density at radius 1 is 1.26 bits per heavy atom. The molecule has 1 saturated heterocycles. The van der Waals surface area contributed by atoms with E-state index in [1.165, 1.54) is 16.7 Å². The molecule has 0 aliphatic carbocycles. The number of thiocarbonyl (C=S) groups is 1. The second-order valence-corrected chi connectivity index (χ2v) is 8.54. The SMILES string of the molecule is CCOc1cc(/C=C2/SC(=S)N(c3ccccc3Cl)C2=O)ccc1OC(CC)C(=O)O. The summed E-state index contributed by atoms with van der Waals surface area (Å²) in [5.41, 5.74) is 1.23. The van der Waals surface area contributed by atoms with Crippen LogP contribution in [0.5, 0.6) is 11.5 Å². The number of ether oxygens (including phenoxy) is 2. The van der Waals surface area contributed by atoms with Crippen molar-refractivity contribution in [3.8, 4) is 11.5 Å². The summed E-state index contributed by atoms with van der Waals surface area (Å²) >= 11 is 12.8. The number of benzene rings is 2. The van der Waals surface area contributed by atoms with Crippen molar-refractivity contribution in [3.05, 3.63) is 58.0 Å². The van der Waals surface area contributed by atoms with Gasteiger partial charge in [-0.3, -0.25) is 9.69 Å². The van der Waals surface area contributed by atoms with Crippen LogP contribution in [0.15, 0.2) is 47.4 Å². The van der Waals surface area contributed by atoms with Gasteiger partial charge >= 0.3 is 5.97 Å². The minimum absolute atomic E-state index is 0.265. The summed E-state index contributed by atoms with van der Waals surface area (Å²) in [4.78, 5) is 26.1. The number of hydrogen-bond acceptors (Lipinski definition) is 6. The topological polar surface area (TPSA) is 76.1 Å². The minimum Gasteiger partial charge on any atom is -0.490 e. The molecular formula is C22H20ClNO5S2. The van der Waals surface area contributed by atoms with Crippen LogP contribution in [0.3, 0.4) is 0 Å². The molecule has 1 N–H and O–H groups in total. The van der Waals surface area contributed by atoms with E-state index in [4.69, 9.17) is 33.3 Å². The van der Waals surface area contributed by atoms with Gasteiger partial charge in [0.15, 0.2) is 21.9 Å². The average molecular weight is 478 g/mol. The molecule has 1 unspecified atom stereocenters. The average Bonchev–Trinajstić information content (AvgIpc) is 3.01. The lowest BCUT2D eigenvalue weighted by Gasteiger charge is -2.17. The van der Waals surface area contributed by atoms with Crippen molar-refractivity contribution >= 4 is 63.5 Å². The number of para-hydroxylation sites is 1. The third-order valence-corrected chi connectivity index (χ3v) is 5.99. The monoisotopic (exact) mass is 477 g/mol. The van der Waals surface area contributed by atoms with E-state index in [0.29, 0.717) is 50.0 Å². The molecule has 1 fully saturated rings. The zero-order valence-electron chi connectivity index (χ0n) is 16.8. The number of rotatable bonds is 8.